The van der Waals surface area contributed by atoms with Crippen molar-refractivity contribution in [1.29, 1.82) is 0 Å². The highest BCUT2D eigenvalue weighted by molar-refractivity contribution is 5.87. The van der Waals surface area contributed by atoms with E-state index in [1.165, 1.54) is 0 Å². The third-order valence-electron chi connectivity index (χ3n) is 4.89. The van der Waals surface area contributed by atoms with E-state index >= 15 is 0 Å². The van der Waals surface area contributed by atoms with E-state index in [1.807, 2.05) is 68.4 Å². The number of carbonyl (C=O) groups is 2. The second-order valence-electron chi connectivity index (χ2n) is 7.07. The van der Waals surface area contributed by atoms with Crippen molar-refractivity contribution < 1.29 is 14.3 Å². The van der Waals surface area contributed by atoms with Crippen molar-refractivity contribution in [3.63, 3.8) is 0 Å². The number of benzene rings is 2. The van der Waals surface area contributed by atoms with Gasteiger partial charge in [-0.2, -0.15) is 0 Å². The third-order valence-corrected chi connectivity index (χ3v) is 4.89. The van der Waals surface area contributed by atoms with Crippen LogP contribution in [0.1, 0.15) is 44.2 Å². The molecule has 2 aromatic rings. The first-order chi connectivity index (χ1) is 14.1. The van der Waals surface area contributed by atoms with Gasteiger partial charge in [0, 0.05) is 19.5 Å². The second kappa shape index (κ2) is 11.9. The molecule has 2 rings (SSSR count). The highest BCUT2D eigenvalue weighted by Crippen LogP contribution is 2.18. The fraction of sp³-hybridized carbons (Fsp3) is 0.417. The number of nitrogens with zero attached hydrogens (tertiary/aromatic N) is 1. The standard InChI is InChI=1S/C24H32N2O3/c1-4-16-25-24(28)22(5-2)26(18-20-12-9-13-21(17-20)29-3)23(27)15-14-19-10-7-6-8-11-19/h6-13,17,22H,4-5,14-16,18H2,1-3H3,(H,25,28)/t22-/m1/s1. The first-order valence-electron chi connectivity index (χ1n) is 10.3. The summed E-state index contributed by atoms with van der Waals surface area (Å²) in [6, 6.07) is 17.1. The number of aryl methyl sites for hydroxylation is 1. The van der Waals surface area contributed by atoms with Crippen molar-refractivity contribution in [2.45, 2.75) is 52.1 Å². The average molecular weight is 397 g/mol. The lowest BCUT2D eigenvalue weighted by molar-refractivity contribution is -0.141. The highest BCUT2D eigenvalue weighted by Gasteiger charge is 2.28. The molecule has 5 heteroatoms. The third kappa shape index (κ3) is 6.93. The van der Waals surface area contributed by atoms with Gasteiger partial charge in [0.25, 0.3) is 0 Å². The fourth-order valence-corrected chi connectivity index (χ4v) is 3.29. The maximum Gasteiger partial charge on any atom is 0.242 e. The number of nitrogens with one attached hydrogen (secondary N) is 1. The van der Waals surface area contributed by atoms with Gasteiger partial charge in [-0.15, -0.1) is 0 Å². The molecule has 5 nitrogen and oxygen atoms in total. The maximum atomic E-state index is 13.2. The van der Waals surface area contributed by atoms with Crippen molar-refractivity contribution in [3.05, 3.63) is 65.7 Å². The maximum absolute atomic E-state index is 13.2. The van der Waals surface area contributed by atoms with Crippen LogP contribution in [0, 0.1) is 0 Å². The molecule has 0 aromatic heterocycles. The van der Waals surface area contributed by atoms with Crippen molar-refractivity contribution >= 4 is 11.8 Å². The predicted octanol–water partition coefficient (Wildman–Crippen LogP) is 3.96. The summed E-state index contributed by atoms with van der Waals surface area (Å²) in [6.07, 6.45) is 2.45. The minimum Gasteiger partial charge on any atom is -0.497 e. The van der Waals surface area contributed by atoms with Crippen LogP contribution < -0.4 is 10.1 Å². The Kier molecular flexibility index (Phi) is 9.22. The minimum atomic E-state index is -0.490. The van der Waals surface area contributed by atoms with Crippen LogP contribution in [0.15, 0.2) is 54.6 Å². The molecule has 2 aromatic carbocycles. The quantitative estimate of drug-likeness (QED) is 0.625. The smallest absolute Gasteiger partial charge is 0.242 e. The lowest BCUT2D eigenvalue weighted by Crippen LogP contribution is -2.49. The van der Waals surface area contributed by atoms with E-state index in [4.69, 9.17) is 4.74 Å². The number of carbonyl (C=O) groups excluding carboxylic acids is 2. The highest BCUT2D eigenvalue weighted by atomic mass is 16.5. The molecule has 0 fully saturated rings. The van der Waals surface area contributed by atoms with E-state index in [-0.39, 0.29) is 11.8 Å². The van der Waals surface area contributed by atoms with E-state index < -0.39 is 6.04 Å². The van der Waals surface area contributed by atoms with Gasteiger partial charge < -0.3 is 15.0 Å². The van der Waals surface area contributed by atoms with Crippen LogP contribution in [0.25, 0.3) is 0 Å². The summed E-state index contributed by atoms with van der Waals surface area (Å²) in [7, 11) is 1.62. The number of rotatable bonds is 11. The molecule has 0 spiro atoms. The van der Waals surface area contributed by atoms with Gasteiger partial charge in [0.05, 0.1) is 7.11 Å². The molecule has 0 radical (unpaired) electrons. The monoisotopic (exact) mass is 396 g/mol. The van der Waals surface area contributed by atoms with Gasteiger partial charge in [-0.05, 0) is 42.5 Å². The van der Waals surface area contributed by atoms with E-state index in [2.05, 4.69) is 5.32 Å². The van der Waals surface area contributed by atoms with Crippen LogP contribution in [-0.4, -0.2) is 36.4 Å². The van der Waals surface area contributed by atoms with Gasteiger partial charge in [-0.25, -0.2) is 0 Å². The summed E-state index contributed by atoms with van der Waals surface area (Å²) in [5, 5.41) is 2.94. The fourth-order valence-electron chi connectivity index (χ4n) is 3.29. The Morgan fingerprint density at radius 2 is 1.76 bits per heavy atom. The Bertz CT molecular complexity index is 777. The Hall–Kier alpha value is -2.82. The molecule has 2 amide bonds. The van der Waals surface area contributed by atoms with Gasteiger partial charge in [0.15, 0.2) is 0 Å². The molecule has 0 bridgehead atoms. The van der Waals surface area contributed by atoms with Gasteiger partial charge in [-0.1, -0.05) is 56.3 Å². The number of hydrogen-bond acceptors (Lipinski definition) is 3. The van der Waals surface area contributed by atoms with Crippen molar-refractivity contribution in [2.75, 3.05) is 13.7 Å². The molecule has 1 N–H and O–H groups in total. The second-order valence-corrected chi connectivity index (χ2v) is 7.07. The summed E-state index contributed by atoms with van der Waals surface area (Å²) < 4.78 is 5.31. The van der Waals surface area contributed by atoms with Crippen LogP contribution in [0.5, 0.6) is 5.75 Å². The first kappa shape index (κ1) is 22.5. The van der Waals surface area contributed by atoms with E-state index in [0.29, 0.717) is 32.4 Å². The van der Waals surface area contributed by atoms with Crippen molar-refractivity contribution in [2.24, 2.45) is 0 Å². The van der Waals surface area contributed by atoms with Gasteiger partial charge in [0.2, 0.25) is 11.8 Å². The summed E-state index contributed by atoms with van der Waals surface area (Å²) >= 11 is 0. The Balaban J connectivity index is 2.19. The van der Waals surface area contributed by atoms with Gasteiger partial charge in [0.1, 0.15) is 11.8 Å². The molecule has 0 aliphatic rings. The topological polar surface area (TPSA) is 58.6 Å². The molecular weight excluding hydrogens is 364 g/mol. The zero-order valence-corrected chi connectivity index (χ0v) is 17.7. The molecule has 0 aliphatic heterocycles. The molecule has 156 valence electrons. The molecule has 0 unspecified atom stereocenters. The van der Waals surface area contributed by atoms with Gasteiger partial charge in [-0.3, -0.25) is 9.59 Å². The van der Waals surface area contributed by atoms with Crippen molar-refractivity contribution in [1.82, 2.24) is 10.2 Å². The molecule has 0 saturated heterocycles. The normalized spacial score (nSPS) is 11.6. The van der Waals surface area contributed by atoms with E-state index in [0.717, 1.165) is 23.3 Å². The zero-order valence-electron chi connectivity index (χ0n) is 17.7. The number of hydrogen-bond donors (Lipinski definition) is 1. The van der Waals surface area contributed by atoms with Gasteiger partial charge >= 0.3 is 0 Å². The Labute approximate surface area is 174 Å². The van der Waals surface area contributed by atoms with Crippen LogP contribution in [0.2, 0.25) is 0 Å². The first-order valence-corrected chi connectivity index (χ1v) is 10.3. The minimum absolute atomic E-state index is 0.0184. The molecular formula is C24H32N2O3. The Morgan fingerprint density at radius 1 is 1.03 bits per heavy atom. The molecule has 0 saturated carbocycles. The molecule has 0 aliphatic carbocycles. The van der Waals surface area contributed by atoms with Crippen LogP contribution in [0.3, 0.4) is 0 Å². The molecule has 0 heterocycles. The summed E-state index contributed by atoms with van der Waals surface area (Å²) in [5.41, 5.74) is 2.06. The summed E-state index contributed by atoms with van der Waals surface area (Å²) in [6.45, 7) is 4.95. The lowest BCUT2D eigenvalue weighted by Gasteiger charge is -2.31. The molecule has 29 heavy (non-hydrogen) atoms. The van der Waals surface area contributed by atoms with Crippen LogP contribution in [-0.2, 0) is 22.6 Å². The zero-order chi connectivity index (χ0) is 21.1. The summed E-state index contributed by atoms with van der Waals surface area (Å²) in [4.78, 5) is 27.6. The van der Waals surface area contributed by atoms with E-state index in [1.54, 1.807) is 12.0 Å². The SMILES string of the molecule is CCCNC(=O)[C@@H](CC)N(Cc1cccc(OC)c1)C(=O)CCc1ccccc1. The number of ether oxygens (including phenoxy) is 1. The molecule has 1 atom stereocenters. The van der Waals surface area contributed by atoms with Crippen molar-refractivity contribution in [3.8, 4) is 5.75 Å². The van der Waals surface area contributed by atoms with Crippen LogP contribution in [0.4, 0.5) is 0 Å². The predicted molar refractivity (Wildman–Crippen MR) is 116 cm³/mol. The van der Waals surface area contributed by atoms with E-state index in [9.17, 15) is 9.59 Å². The Morgan fingerprint density at radius 3 is 2.41 bits per heavy atom. The number of methoxy groups -OCH3 is 1. The average Bonchev–Trinajstić information content (AvgIpc) is 2.76. The summed E-state index contributed by atoms with van der Waals surface area (Å²) in [5.74, 6) is 0.628. The lowest BCUT2D eigenvalue weighted by atomic mass is 10.1. The van der Waals surface area contributed by atoms with Crippen LogP contribution >= 0.6 is 0 Å². The number of amides is 2. The largest absolute Gasteiger partial charge is 0.497 e.